The molecule has 1 amide bonds. The van der Waals surface area contributed by atoms with Crippen LogP contribution in [-0.2, 0) is 0 Å². The van der Waals surface area contributed by atoms with Crippen LogP contribution in [0, 0.1) is 12.8 Å². The molecule has 16 heavy (non-hydrogen) atoms. The van der Waals surface area contributed by atoms with E-state index in [-0.39, 0.29) is 17.2 Å². The fourth-order valence-electron chi connectivity index (χ4n) is 1.15. The summed E-state index contributed by atoms with van der Waals surface area (Å²) in [6.45, 7) is 5.66. The maximum Gasteiger partial charge on any atom is 0.275 e. The number of aryl methyl sites for hydroxylation is 1. The predicted octanol–water partition coefficient (Wildman–Crippen LogP) is 2.07. The lowest BCUT2D eigenvalue weighted by molar-refractivity contribution is 0.0952. The molecule has 1 aromatic carbocycles. The first-order valence-corrected chi connectivity index (χ1v) is 5.14. The summed E-state index contributed by atoms with van der Waals surface area (Å²) in [5.41, 5.74) is 3.27. The molecule has 1 rings (SSSR count). The number of para-hydroxylation sites is 1. The number of hydrogen-bond donors (Lipinski definition) is 2. The third-order valence-electron chi connectivity index (χ3n) is 2.02. The van der Waals surface area contributed by atoms with Crippen molar-refractivity contribution in [2.75, 3.05) is 0 Å². The zero-order chi connectivity index (χ0) is 12.1. The standard InChI is InChI=1S/C12H16N2O2/c1-8(2)7-13-14-12(16)10-6-4-5-9(3)11(10)15/h4-8,15H,1-3H3,(H,14,16)/b13-7-. The van der Waals surface area contributed by atoms with Crippen molar-refractivity contribution in [2.45, 2.75) is 20.8 Å². The Kier molecular flexibility index (Phi) is 4.05. The molecule has 0 heterocycles. The average molecular weight is 220 g/mol. The Morgan fingerprint density at radius 1 is 1.50 bits per heavy atom. The molecule has 4 heteroatoms. The van der Waals surface area contributed by atoms with E-state index in [1.165, 1.54) is 0 Å². The van der Waals surface area contributed by atoms with Gasteiger partial charge in [0, 0.05) is 6.21 Å². The Hall–Kier alpha value is -1.84. The molecule has 0 saturated carbocycles. The van der Waals surface area contributed by atoms with E-state index in [1.54, 1.807) is 31.3 Å². The van der Waals surface area contributed by atoms with Crippen molar-refractivity contribution in [1.82, 2.24) is 5.43 Å². The van der Waals surface area contributed by atoms with Crippen LogP contribution >= 0.6 is 0 Å². The second kappa shape index (κ2) is 5.30. The summed E-state index contributed by atoms with van der Waals surface area (Å²) in [5.74, 6) is -0.135. The van der Waals surface area contributed by atoms with Crippen LogP contribution in [-0.4, -0.2) is 17.2 Å². The van der Waals surface area contributed by atoms with Gasteiger partial charge in [0.2, 0.25) is 0 Å². The lowest BCUT2D eigenvalue weighted by atomic mass is 10.1. The zero-order valence-corrected chi connectivity index (χ0v) is 9.69. The molecule has 0 aliphatic heterocycles. The van der Waals surface area contributed by atoms with Gasteiger partial charge < -0.3 is 5.11 Å². The molecule has 0 aromatic heterocycles. The minimum Gasteiger partial charge on any atom is -0.507 e. The quantitative estimate of drug-likeness (QED) is 0.605. The molecular formula is C12H16N2O2. The van der Waals surface area contributed by atoms with Gasteiger partial charge in [-0.25, -0.2) is 5.43 Å². The van der Waals surface area contributed by atoms with E-state index >= 15 is 0 Å². The highest BCUT2D eigenvalue weighted by atomic mass is 16.3. The first-order valence-electron chi connectivity index (χ1n) is 5.14. The van der Waals surface area contributed by atoms with E-state index in [2.05, 4.69) is 10.5 Å². The lowest BCUT2D eigenvalue weighted by Crippen LogP contribution is -2.18. The largest absolute Gasteiger partial charge is 0.507 e. The summed E-state index contributed by atoms with van der Waals surface area (Å²) in [5, 5.41) is 13.4. The number of phenolic OH excluding ortho intramolecular Hbond substituents is 1. The van der Waals surface area contributed by atoms with Crippen molar-refractivity contribution in [3.63, 3.8) is 0 Å². The SMILES string of the molecule is Cc1cccc(C(=O)N/N=C\C(C)C)c1O. The topological polar surface area (TPSA) is 61.7 Å². The third-order valence-corrected chi connectivity index (χ3v) is 2.02. The van der Waals surface area contributed by atoms with Crippen molar-refractivity contribution >= 4 is 12.1 Å². The van der Waals surface area contributed by atoms with Crippen molar-refractivity contribution in [3.05, 3.63) is 29.3 Å². The van der Waals surface area contributed by atoms with Gasteiger partial charge in [-0.05, 0) is 24.5 Å². The van der Waals surface area contributed by atoms with Gasteiger partial charge in [0.25, 0.3) is 5.91 Å². The van der Waals surface area contributed by atoms with Gasteiger partial charge in [0.15, 0.2) is 0 Å². The Bertz CT molecular complexity index is 411. The summed E-state index contributed by atoms with van der Waals surface area (Å²) in [6.07, 6.45) is 1.63. The molecule has 0 spiro atoms. The molecule has 0 bridgehead atoms. The normalized spacial score (nSPS) is 11.0. The van der Waals surface area contributed by atoms with Gasteiger partial charge in [-0.1, -0.05) is 26.0 Å². The van der Waals surface area contributed by atoms with Gasteiger partial charge >= 0.3 is 0 Å². The summed E-state index contributed by atoms with van der Waals surface area (Å²) in [4.78, 5) is 11.6. The van der Waals surface area contributed by atoms with Crippen molar-refractivity contribution in [2.24, 2.45) is 11.0 Å². The molecule has 4 nitrogen and oxygen atoms in total. The number of nitrogens with one attached hydrogen (secondary N) is 1. The van der Waals surface area contributed by atoms with Crippen LogP contribution in [0.4, 0.5) is 0 Å². The second-order valence-corrected chi connectivity index (χ2v) is 3.93. The molecule has 1 aromatic rings. The van der Waals surface area contributed by atoms with Crippen LogP contribution < -0.4 is 5.43 Å². The van der Waals surface area contributed by atoms with Crippen LogP contribution in [0.1, 0.15) is 29.8 Å². The molecule has 0 atom stereocenters. The molecule has 0 aliphatic rings. The van der Waals surface area contributed by atoms with E-state index in [1.807, 2.05) is 13.8 Å². The van der Waals surface area contributed by atoms with Gasteiger partial charge in [-0.2, -0.15) is 5.10 Å². The predicted molar refractivity (Wildman–Crippen MR) is 63.6 cm³/mol. The summed E-state index contributed by atoms with van der Waals surface area (Å²) in [6, 6.07) is 5.02. The monoisotopic (exact) mass is 220 g/mol. The van der Waals surface area contributed by atoms with E-state index in [0.29, 0.717) is 5.56 Å². The van der Waals surface area contributed by atoms with Gasteiger partial charge in [0.05, 0.1) is 5.56 Å². The Morgan fingerprint density at radius 3 is 2.81 bits per heavy atom. The van der Waals surface area contributed by atoms with Crippen LogP contribution in [0.15, 0.2) is 23.3 Å². The molecular weight excluding hydrogens is 204 g/mol. The molecule has 86 valence electrons. The highest BCUT2D eigenvalue weighted by Crippen LogP contribution is 2.20. The Balaban J connectivity index is 2.78. The van der Waals surface area contributed by atoms with E-state index in [9.17, 15) is 9.90 Å². The van der Waals surface area contributed by atoms with Crippen molar-refractivity contribution in [3.8, 4) is 5.75 Å². The summed E-state index contributed by atoms with van der Waals surface area (Å²) < 4.78 is 0. The number of benzene rings is 1. The van der Waals surface area contributed by atoms with Crippen LogP contribution in [0.5, 0.6) is 5.75 Å². The third kappa shape index (κ3) is 3.08. The molecule has 0 unspecified atom stereocenters. The minimum atomic E-state index is -0.405. The summed E-state index contributed by atoms with van der Waals surface area (Å²) >= 11 is 0. The van der Waals surface area contributed by atoms with Gasteiger partial charge in [-0.3, -0.25) is 4.79 Å². The maximum absolute atomic E-state index is 11.6. The van der Waals surface area contributed by atoms with Crippen molar-refractivity contribution < 1.29 is 9.90 Å². The number of amides is 1. The Labute approximate surface area is 95.0 Å². The molecule has 0 saturated heterocycles. The first-order chi connectivity index (χ1) is 7.52. The van der Waals surface area contributed by atoms with Crippen molar-refractivity contribution in [1.29, 1.82) is 0 Å². The number of hydrazone groups is 1. The number of aromatic hydroxyl groups is 1. The minimum absolute atomic E-state index is 0.000234. The Morgan fingerprint density at radius 2 is 2.19 bits per heavy atom. The molecule has 0 fully saturated rings. The maximum atomic E-state index is 11.6. The fraction of sp³-hybridized carbons (Fsp3) is 0.333. The van der Waals surface area contributed by atoms with Crippen LogP contribution in [0.2, 0.25) is 0 Å². The zero-order valence-electron chi connectivity index (χ0n) is 9.69. The second-order valence-electron chi connectivity index (χ2n) is 3.93. The average Bonchev–Trinajstić information content (AvgIpc) is 2.21. The lowest BCUT2D eigenvalue weighted by Gasteiger charge is -2.05. The highest BCUT2D eigenvalue weighted by Gasteiger charge is 2.11. The number of phenols is 1. The van der Waals surface area contributed by atoms with Crippen LogP contribution in [0.3, 0.4) is 0 Å². The van der Waals surface area contributed by atoms with Gasteiger partial charge in [0.1, 0.15) is 5.75 Å². The number of carbonyl (C=O) groups is 1. The first kappa shape index (κ1) is 12.2. The number of hydrogen-bond acceptors (Lipinski definition) is 3. The van der Waals surface area contributed by atoms with E-state index < -0.39 is 5.91 Å². The van der Waals surface area contributed by atoms with E-state index in [4.69, 9.17) is 0 Å². The number of carbonyl (C=O) groups excluding carboxylic acids is 1. The molecule has 0 aliphatic carbocycles. The van der Waals surface area contributed by atoms with E-state index in [0.717, 1.165) is 0 Å². The molecule has 2 N–H and O–H groups in total. The highest BCUT2D eigenvalue weighted by molar-refractivity contribution is 5.97. The fourth-order valence-corrected chi connectivity index (χ4v) is 1.15. The smallest absolute Gasteiger partial charge is 0.275 e. The van der Waals surface area contributed by atoms with Crippen LogP contribution in [0.25, 0.3) is 0 Å². The number of rotatable bonds is 3. The summed E-state index contributed by atoms with van der Waals surface area (Å²) in [7, 11) is 0. The number of nitrogens with zero attached hydrogens (tertiary/aromatic N) is 1. The molecule has 0 radical (unpaired) electrons. The van der Waals surface area contributed by atoms with Gasteiger partial charge in [-0.15, -0.1) is 0 Å².